The van der Waals surface area contributed by atoms with Crippen LogP contribution in [0.15, 0.2) is 102 Å². The Bertz CT molecular complexity index is 1490. The van der Waals surface area contributed by atoms with Crippen LogP contribution in [0, 0.1) is 0 Å². The van der Waals surface area contributed by atoms with Crippen LogP contribution in [-0.2, 0) is 16.4 Å². The molecule has 0 fully saturated rings. The Kier molecular flexibility index (Phi) is 6.19. The second-order valence-electron chi connectivity index (χ2n) is 8.02. The number of fused-ring (bicyclic) bond motifs is 1. The van der Waals surface area contributed by atoms with Gasteiger partial charge in [-0.25, -0.2) is 8.42 Å². The van der Waals surface area contributed by atoms with Crippen LogP contribution >= 0.6 is 11.6 Å². The number of rotatable bonds is 6. The van der Waals surface area contributed by atoms with Gasteiger partial charge in [-0.3, -0.25) is 9.52 Å². The lowest BCUT2D eigenvalue weighted by Crippen LogP contribution is -2.28. The first-order valence-electron chi connectivity index (χ1n) is 11.0. The van der Waals surface area contributed by atoms with Crippen LogP contribution < -0.4 is 14.4 Å². The SMILES string of the molecule is O=C(c1ccccc1)N1CCc2cc(S(=O)(=O)Nc3cc(Cl)ccc3Oc3ccccc3)ccc21. The van der Waals surface area contributed by atoms with Crippen molar-refractivity contribution >= 4 is 38.9 Å². The Balaban J connectivity index is 1.41. The number of nitrogens with one attached hydrogen (secondary N) is 1. The van der Waals surface area contributed by atoms with E-state index in [4.69, 9.17) is 16.3 Å². The van der Waals surface area contributed by atoms with Gasteiger partial charge in [-0.15, -0.1) is 0 Å². The van der Waals surface area contributed by atoms with Gasteiger partial charge in [0.15, 0.2) is 5.75 Å². The molecule has 1 N–H and O–H groups in total. The molecule has 0 aliphatic carbocycles. The van der Waals surface area contributed by atoms with E-state index in [1.54, 1.807) is 53.4 Å². The maximum Gasteiger partial charge on any atom is 0.262 e. The molecule has 0 bridgehead atoms. The van der Waals surface area contributed by atoms with Crippen molar-refractivity contribution in [1.82, 2.24) is 0 Å². The molecule has 35 heavy (non-hydrogen) atoms. The highest BCUT2D eigenvalue weighted by Gasteiger charge is 2.27. The summed E-state index contributed by atoms with van der Waals surface area (Å²) in [6.45, 7) is 0.489. The Hall–Kier alpha value is -3.81. The quantitative estimate of drug-likeness (QED) is 0.342. The highest BCUT2D eigenvalue weighted by molar-refractivity contribution is 7.92. The molecule has 8 heteroatoms. The normalized spacial score (nSPS) is 12.8. The van der Waals surface area contributed by atoms with Gasteiger partial charge in [0, 0.05) is 22.8 Å². The van der Waals surface area contributed by atoms with Crippen LogP contribution in [0.2, 0.25) is 5.02 Å². The third kappa shape index (κ3) is 4.87. The van der Waals surface area contributed by atoms with Crippen LogP contribution in [0.5, 0.6) is 11.5 Å². The van der Waals surface area contributed by atoms with Crippen molar-refractivity contribution in [2.45, 2.75) is 11.3 Å². The van der Waals surface area contributed by atoms with Crippen molar-refractivity contribution in [2.75, 3.05) is 16.2 Å². The zero-order valence-electron chi connectivity index (χ0n) is 18.5. The summed E-state index contributed by atoms with van der Waals surface area (Å²) < 4.78 is 35.0. The molecule has 0 atom stereocenters. The highest BCUT2D eigenvalue weighted by Crippen LogP contribution is 2.35. The van der Waals surface area contributed by atoms with Gasteiger partial charge in [-0.2, -0.15) is 0 Å². The molecule has 0 radical (unpaired) electrons. The molecular formula is C27H21ClN2O4S. The maximum atomic E-state index is 13.3. The molecule has 6 nitrogen and oxygen atoms in total. The lowest BCUT2D eigenvalue weighted by molar-refractivity contribution is 0.0989. The predicted octanol–water partition coefficient (Wildman–Crippen LogP) is 6.14. The Morgan fingerprint density at radius 3 is 2.34 bits per heavy atom. The molecule has 4 aromatic rings. The summed E-state index contributed by atoms with van der Waals surface area (Å²) in [5.74, 6) is 0.778. The van der Waals surface area contributed by atoms with Crippen LogP contribution in [0.1, 0.15) is 15.9 Å². The summed E-state index contributed by atoms with van der Waals surface area (Å²) in [5, 5.41) is 0.368. The molecule has 4 aromatic carbocycles. The minimum absolute atomic E-state index is 0.0934. The average Bonchev–Trinajstić information content (AvgIpc) is 3.30. The summed E-state index contributed by atoms with van der Waals surface area (Å²) in [4.78, 5) is 14.7. The van der Waals surface area contributed by atoms with Crippen molar-refractivity contribution in [1.29, 1.82) is 0 Å². The number of hydrogen-bond acceptors (Lipinski definition) is 4. The van der Waals surface area contributed by atoms with Crippen LogP contribution in [-0.4, -0.2) is 20.9 Å². The molecule has 1 aliphatic heterocycles. The summed E-state index contributed by atoms with van der Waals surface area (Å²) >= 11 is 6.14. The minimum atomic E-state index is -3.95. The monoisotopic (exact) mass is 504 g/mol. The third-order valence-electron chi connectivity index (χ3n) is 5.68. The van der Waals surface area contributed by atoms with Crippen molar-refractivity contribution < 1.29 is 17.9 Å². The van der Waals surface area contributed by atoms with Gasteiger partial charge < -0.3 is 9.64 Å². The fraction of sp³-hybridized carbons (Fsp3) is 0.0741. The predicted molar refractivity (Wildman–Crippen MR) is 137 cm³/mol. The number of anilines is 2. The van der Waals surface area contributed by atoms with Crippen LogP contribution in [0.3, 0.4) is 0 Å². The molecule has 0 spiro atoms. The summed E-state index contributed by atoms with van der Waals surface area (Å²) in [5.41, 5.74) is 2.33. The van der Waals surface area contributed by atoms with Crippen molar-refractivity contribution in [3.05, 3.63) is 113 Å². The number of carbonyl (C=O) groups excluding carboxylic acids is 1. The first-order valence-corrected chi connectivity index (χ1v) is 12.8. The van der Waals surface area contributed by atoms with E-state index < -0.39 is 10.0 Å². The van der Waals surface area contributed by atoms with Crippen molar-refractivity contribution in [3.8, 4) is 11.5 Å². The van der Waals surface area contributed by atoms with Gasteiger partial charge in [0.25, 0.3) is 15.9 Å². The van der Waals surface area contributed by atoms with E-state index in [0.717, 1.165) is 5.56 Å². The smallest absolute Gasteiger partial charge is 0.262 e. The fourth-order valence-electron chi connectivity index (χ4n) is 3.98. The van der Waals surface area contributed by atoms with Crippen molar-refractivity contribution in [3.63, 3.8) is 0 Å². The molecule has 1 heterocycles. The Morgan fingerprint density at radius 2 is 1.60 bits per heavy atom. The molecule has 176 valence electrons. The van der Waals surface area contributed by atoms with Gasteiger partial charge in [0.05, 0.1) is 10.6 Å². The lowest BCUT2D eigenvalue weighted by atomic mass is 10.1. The molecule has 0 aromatic heterocycles. The van der Waals surface area contributed by atoms with E-state index in [1.165, 1.54) is 12.1 Å². The topological polar surface area (TPSA) is 75.7 Å². The number of ether oxygens (including phenoxy) is 1. The summed E-state index contributed by atoms with van der Waals surface area (Å²) in [7, 11) is -3.95. The zero-order valence-corrected chi connectivity index (χ0v) is 20.1. The van der Waals surface area contributed by atoms with Gasteiger partial charge >= 0.3 is 0 Å². The standard InChI is InChI=1S/C27H21ClN2O4S/c28-21-11-14-26(34-22-9-5-2-6-10-22)24(18-21)29-35(32,33)23-12-13-25-20(17-23)15-16-30(25)27(31)19-7-3-1-4-8-19/h1-14,17-18,29H,15-16H2. The summed E-state index contributed by atoms with van der Waals surface area (Å²) in [6.07, 6.45) is 0.566. The van der Waals surface area contributed by atoms with Crippen LogP contribution in [0.25, 0.3) is 0 Å². The number of benzene rings is 4. The number of para-hydroxylation sites is 1. The fourth-order valence-corrected chi connectivity index (χ4v) is 5.27. The van der Waals surface area contributed by atoms with Gasteiger partial charge in [0.1, 0.15) is 5.75 Å². The molecule has 1 aliphatic rings. The molecule has 1 amide bonds. The molecule has 5 rings (SSSR count). The lowest BCUT2D eigenvalue weighted by Gasteiger charge is -2.18. The largest absolute Gasteiger partial charge is 0.455 e. The number of amides is 1. The van der Waals surface area contributed by atoms with E-state index in [0.29, 0.717) is 40.7 Å². The second kappa shape index (κ2) is 9.44. The molecular weight excluding hydrogens is 484 g/mol. The first-order chi connectivity index (χ1) is 16.9. The van der Waals surface area contributed by atoms with E-state index in [2.05, 4.69) is 4.72 Å². The number of sulfonamides is 1. The first kappa shape index (κ1) is 23.0. The number of nitrogens with zero attached hydrogens (tertiary/aromatic N) is 1. The summed E-state index contributed by atoms with van der Waals surface area (Å²) in [6, 6.07) is 27.6. The molecule has 0 unspecified atom stereocenters. The van der Waals surface area contributed by atoms with E-state index >= 15 is 0 Å². The average molecular weight is 505 g/mol. The number of carbonyl (C=O) groups is 1. The highest BCUT2D eigenvalue weighted by atomic mass is 35.5. The van der Waals surface area contributed by atoms with Gasteiger partial charge in [-0.1, -0.05) is 48.0 Å². The van der Waals surface area contributed by atoms with E-state index in [9.17, 15) is 13.2 Å². The van der Waals surface area contributed by atoms with Gasteiger partial charge in [0.2, 0.25) is 0 Å². The number of halogens is 1. The third-order valence-corrected chi connectivity index (χ3v) is 7.28. The van der Waals surface area contributed by atoms with E-state index in [-0.39, 0.29) is 16.5 Å². The molecule has 0 saturated heterocycles. The minimum Gasteiger partial charge on any atom is -0.455 e. The Labute approximate surface area is 208 Å². The second-order valence-corrected chi connectivity index (χ2v) is 10.1. The van der Waals surface area contributed by atoms with Crippen LogP contribution in [0.4, 0.5) is 11.4 Å². The van der Waals surface area contributed by atoms with E-state index in [1.807, 2.05) is 36.4 Å². The maximum absolute atomic E-state index is 13.3. The van der Waals surface area contributed by atoms with Gasteiger partial charge in [-0.05, 0) is 72.6 Å². The zero-order chi connectivity index (χ0) is 24.4. The van der Waals surface area contributed by atoms with Crippen molar-refractivity contribution in [2.24, 2.45) is 0 Å². The Morgan fingerprint density at radius 1 is 0.886 bits per heavy atom. The number of hydrogen-bond donors (Lipinski definition) is 1. The molecule has 0 saturated carbocycles.